The highest BCUT2D eigenvalue weighted by Gasteiger charge is 2.33. The van der Waals surface area contributed by atoms with E-state index in [9.17, 15) is 14.7 Å². The summed E-state index contributed by atoms with van der Waals surface area (Å²) in [6, 6.07) is 11.2. The molecule has 1 aliphatic heterocycles. The normalized spacial score (nSPS) is 15.1. The van der Waals surface area contributed by atoms with Crippen LogP contribution in [0.4, 0.5) is 0 Å². The molecule has 1 aliphatic rings. The van der Waals surface area contributed by atoms with Crippen LogP contribution in [0.5, 0.6) is 17.2 Å². The van der Waals surface area contributed by atoms with E-state index in [0.717, 1.165) is 16.8 Å². The summed E-state index contributed by atoms with van der Waals surface area (Å²) in [7, 11) is 2.98. The van der Waals surface area contributed by atoms with Gasteiger partial charge in [0.25, 0.3) is 11.8 Å². The number of hydrogen-bond acceptors (Lipinski definition) is 7. The van der Waals surface area contributed by atoms with Gasteiger partial charge in [0.2, 0.25) is 0 Å². The zero-order valence-corrected chi connectivity index (χ0v) is 16.6. The van der Waals surface area contributed by atoms with Crippen LogP contribution in [-0.4, -0.2) is 40.5 Å². The lowest BCUT2D eigenvalue weighted by molar-refractivity contribution is -0.123. The molecule has 2 amide bonds. The fourth-order valence-corrected chi connectivity index (χ4v) is 3.60. The molecule has 0 unspecified atom stereocenters. The molecule has 144 valence electrons. The third-order valence-corrected chi connectivity index (χ3v) is 5.16. The Kier molecular flexibility index (Phi) is 5.86. The van der Waals surface area contributed by atoms with Crippen LogP contribution in [0, 0.1) is 0 Å². The van der Waals surface area contributed by atoms with Gasteiger partial charge in [0.05, 0.1) is 19.1 Å². The molecule has 0 radical (unpaired) electrons. The zero-order valence-electron chi connectivity index (χ0n) is 15.0. The molecule has 0 saturated carbocycles. The van der Waals surface area contributed by atoms with E-state index in [-0.39, 0.29) is 10.1 Å². The molecule has 1 heterocycles. The Labute approximate surface area is 170 Å². The maximum Gasteiger partial charge on any atom is 0.285 e. The Bertz CT molecular complexity index is 973. The van der Waals surface area contributed by atoms with Crippen LogP contribution in [-0.2, 0) is 4.79 Å². The maximum absolute atomic E-state index is 12.6. The molecule has 2 aromatic rings. The summed E-state index contributed by atoms with van der Waals surface area (Å²) >= 11 is 6.26. The summed E-state index contributed by atoms with van der Waals surface area (Å²) in [4.78, 5) is 25.3. The third-order valence-electron chi connectivity index (χ3n) is 3.86. The highest BCUT2D eigenvalue weighted by atomic mass is 32.2. The molecule has 0 bridgehead atoms. The van der Waals surface area contributed by atoms with Gasteiger partial charge >= 0.3 is 0 Å². The monoisotopic (exact) mass is 416 g/mol. The molecule has 0 spiro atoms. The molecule has 3 rings (SSSR count). The van der Waals surface area contributed by atoms with E-state index < -0.39 is 11.8 Å². The number of ether oxygens (including phenoxy) is 2. The number of phenols is 1. The van der Waals surface area contributed by atoms with Gasteiger partial charge in [-0.1, -0.05) is 17.8 Å². The van der Waals surface area contributed by atoms with Gasteiger partial charge < -0.3 is 14.6 Å². The molecule has 9 heteroatoms. The lowest BCUT2D eigenvalue weighted by Crippen LogP contribution is -2.44. The molecule has 2 aromatic carbocycles. The Hall–Kier alpha value is -3.04. The first-order valence-corrected chi connectivity index (χ1v) is 9.25. The van der Waals surface area contributed by atoms with E-state index in [1.165, 1.54) is 20.3 Å². The first kappa shape index (κ1) is 19.7. The topological polar surface area (TPSA) is 88.1 Å². The highest BCUT2D eigenvalue weighted by Crippen LogP contribution is 2.33. The fraction of sp³-hybridized carbons (Fsp3) is 0.105. The first-order valence-electron chi connectivity index (χ1n) is 8.03. The predicted molar refractivity (Wildman–Crippen MR) is 110 cm³/mol. The van der Waals surface area contributed by atoms with Crippen LogP contribution in [0.25, 0.3) is 6.08 Å². The number of thiocarbonyl (C=S) groups is 1. The zero-order chi connectivity index (χ0) is 20.3. The first-order chi connectivity index (χ1) is 13.4. The highest BCUT2D eigenvalue weighted by molar-refractivity contribution is 8.26. The fourth-order valence-electron chi connectivity index (χ4n) is 2.42. The molecule has 7 nitrogen and oxygen atoms in total. The molecule has 28 heavy (non-hydrogen) atoms. The summed E-state index contributed by atoms with van der Waals surface area (Å²) in [5.74, 6) is -0.0155. The van der Waals surface area contributed by atoms with Gasteiger partial charge in [-0.3, -0.25) is 15.0 Å². The molecule has 1 saturated heterocycles. The molecule has 0 aliphatic carbocycles. The van der Waals surface area contributed by atoms with Crippen LogP contribution in [0.3, 0.4) is 0 Å². The van der Waals surface area contributed by atoms with Gasteiger partial charge in [-0.2, -0.15) is 5.01 Å². The van der Waals surface area contributed by atoms with Crippen LogP contribution < -0.4 is 14.9 Å². The number of aromatic hydroxyl groups is 1. The number of amides is 2. The third kappa shape index (κ3) is 4.10. The van der Waals surface area contributed by atoms with Gasteiger partial charge in [0.15, 0.2) is 15.8 Å². The van der Waals surface area contributed by atoms with E-state index in [0.29, 0.717) is 27.5 Å². The number of nitrogens with zero attached hydrogens (tertiary/aromatic N) is 1. The summed E-state index contributed by atoms with van der Waals surface area (Å²) in [6.45, 7) is 0. The number of thioether (sulfide) groups is 1. The van der Waals surface area contributed by atoms with Crippen molar-refractivity contribution in [2.45, 2.75) is 0 Å². The number of nitrogens with one attached hydrogen (secondary N) is 1. The molecular weight excluding hydrogens is 400 g/mol. The SMILES string of the molecule is COc1ccc(C(=O)NN2C(=O)C(=Cc3ccc(OC)c(O)c3)SC2=S)cc1. The van der Waals surface area contributed by atoms with E-state index in [2.05, 4.69) is 5.43 Å². The van der Waals surface area contributed by atoms with Crippen molar-refractivity contribution >= 4 is 46.2 Å². The number of carbonyl (C=O) groups excluding carboxylic acids is 2. The van der Waals surface area contributed by atoms with Crippen LogP contribution >= 0.6 is 24.0 Å². The van der Waals surface area contributed by atoms with Gasteiger partial charge in [0.1, 0.15) is 5.75 Å². The number of hydrazine groups is 1. The van der Waals surface area contributed by atoms with Crippen molar-refractivity contribution in [1.29, 1.82) is 0 Å². The van der Waals surface area contributed by atoms with Crippen molar-refractivity contribution in [1.82, 2.24) is 10.4 Å². The maximum atomic E-state index is 12.6. The Balaban J connectivity index is 1.75. The Morgan fingerprint density at radius 3 is 2.50 bits per heavy atom. The van der Waals surface area contributed by atoms with Crippen LogP contribution in [0.15, 0.2) is 47.4 Å². The minimum atomic E-state index is -0.470. The number of phenolic OH excluding ortho intramolecular Hbond substituents is 1. The van der Waals surface area contributed by atoms with Gasteiger partial charge in [-0.05, 0) is 60.3 Å². The second kappa shape index (κ2) is 8.32. The summed E-state index contributed by atoms with van der Waals surface area (Å²) in [5.41, 5.74) is 3.47. The van der Waals surface area contributed by atoms with Crippen molar-refractivity contribution in [3.63, 3.8) is 0 Å². The standard InChI is InChI=1S/C19H16N2O5S2/c1-25-13-6-4-12(5-7-13)17(23)20-21-18(24)16(28-19(21)27)10-11-3-8-15(26-2)14(22)9-11/h3-10,22H,1-2H3,(H,20,23). The second-order valence-electron chi connectivity index (χ2n) is 5.62. The van der Waals surface area contributed by atoms with Gasteiger partial charge in [-0.15, -0.1) is 0 Å². The summed E-state index contributed by atoms with van der Waals surface area (Å²) in [6.07, 6.45) is 1.58. The van der Waals surface area contributed by atoms with Crippen molar-refractivity contribution in [2.24, 2.45) is 0 Å². The number of carbonyl (C=O) groups is 2. The lowest BCUT2D eigenvalue weighted by Gasteiger charge is -2.15. The molecule has 0 atom stereocenters. The van der Waals surface area contributed by atoms with Crippen LogP contribution in [0.1, 0.15) is 15.9 Å². The lowest BCUT2D eigenvalue weighted by atomic mass is 10.2. The van der Waals surface area contributed by atoms with Gasteiger partial charge in [0, 0.05) is 5.56 Å². The summed E-state index contributed by atoms with van der Waals surface area (Å²) in [5, 5.41) is 10.9. The smallest absolute Gasteiger partial charge is 0.285 e. The second-order valence-corrected chi connectivity index (χ2v) is 7.29. The van der Waals surface area contributed by atoms with Gasteiger partial charge in [-0.25, -0.2) is 0 Å². The quantitative estimate of drug-likeness (QED) is 0.572. The minimum Gasteiger partial charge on any atom is -0.504 e. The van der Waals surface area contributed by atoms with Crippen molar-refractivity contribution in [2.75, 3.05) is 14.2 Å². The van der Waals surface area contributed by atoms with E-state index in [4.69, 9.17) is 21.7 Å². The predicted octanol–water partition coefficient (Wildman–Crippen LogP) is 2.96. The van der Waals surface area contributed by atoms with Crippen molar-refractivity contribution in [3.8, 4) is 17.2 Å². The van der Waals surface area contributed by atoms with E-state index in [1.54, 1.807) is 42.5 Å². The Morgan fingerprint density at radius 1 is 1.18 bits per heavy atom. The number of benzene rings is 2. The van der Waals surface area contributed by atoms with E-state index >= 15 is 0 Å². The number of rotatable bonds is 5. The van der Waals surface area contributed by atoms with Crippen molar-refractivity contribution in [3.05, 3.63) is 58.5 Å². The largest absolute Gasteiger partial charge is 0.504 e. The van der Waals surface area contributed by atoms with Crippen LogP contribution in [0.2, 0.25) is 0 Å². The average Bonchev–Trinajstić information content (AvgIpc) is 2.95. The number of hydrogen-bond donors (Lipinski definition) is 2. The molecular formula is C19H16N2O5S2. The number of methoxy groups -OCH3 is 2. The van der Waals surface area contributed by atoms with E-state index in [1.807, 2.05) is 0 Å². The average molecular weight is 416 g/mol. The molecule has 0 aromatic heterocycles. The van der Waals surface area contributed by atoms with Crippen molar-refractivity contribution < 1.29 is 24.2 Å². The summed E-state index contributed by atoms with van der Waals surface area (Å²) < 4.78 is 10.3. The molecule has 2 N–H and O–H groups in total. The minimum absolute atomic E-state index is 0.0421. The molecule has 1 fully saturated rings. The Morgan fingerprint density at radius 2 is 1.89 bits per heavy atom.